The lowest BCUT2D eigenvalue weighted by Gasteiger charge is -2.40. The van der Waals surface area contributed by atoms with Crippen LogP contribution in [0.4, 0.5) is 5.69 Å². The Morgan fingerprint density at radius 1 is 1.17 bits per heavy atom. The van der Waals surface area contributed by atoms with Crippen molar-refractivity contribution in [1.82, 2.24) is 5.32 Å². The molecule has 2 heterocycles. The summed E-state index contributed by atoms with van der Waals surface area (Å²) in [7, 11) is 1.64. The van der Waals surface area contributed by atoms with Crippen LogP contribution in [0.25, 0.3) is 6.08 Å². The van der Waals surface area contributed by atoms with Gasteiger partial charge in [0.15, 0.2) is 11.5 Å². The molecule has 0 unspecified atom stereocenters. The molecule has 1 saturated heterocycles. The van der Waals surface area contributed by atoms with Crippen molar-refractivity contribution in [1.29, 1.82) is 0 Å². The molecule has 1 fully saturated rings. The van der Waals surface area contributed by atoms with Gasteiger partial charge in [-0.15, -0.1) is 0 Å². The maximum Gasteiger partial charge on any atom is 0.241 e. The lowest BCUT2D eigenvalue weighted by atomic mass is 9.75. The Balaban J connectivity index is 1.76. The fourth-order valence-corrected chi connectivity index (χ4v) is 4.57. The number of amides is 1. The van der Waals surface area contributed by atoms with E-state index in [1.807, 2.05) is 25.1 Å². The molecule has 2 aromatic rings. The highest BCUT2D eigenvalue weighted by Crippen LogP contribution is 2.53. The summed E-state index contributed by atoms with van der Waals surface area (Å²) in [6.07, 6.45) is 4.17. The average molecular weight is 392 g/mol. The number of rotatable bonds is 5. The second-order valence-electron chi connectivity index (χ2n) is 8.22. The summed E-state index contributed by atoms with van der Waals surface area (Å²) in [6.45, 7) is 9.39. The molecule has 29 heavy (non-hydrogen) atoms. The maximum atomic E-state index is 12.4. The molecule has 0 aliphatic carbocycles. The number of carbonyl (C=O) groups excluding carboxylic acids is 1. The van der Waals surface area contributed by atoms with Crippen molar-refractivity contribution in [2.24, 2.45) is 0 Å². The third-order valence-electron chi connectivity index (χ3n) is 6.13. The molecular formula is C24H28N2O3. The zero-order valence-corrected chi connectivity index (χ0v) is 17.7. The van der Waals surface area contributed by atoms with Gasteiger partial charge < -0.3 is 19.7 Å². The molecule has 5 nitrogen and oxygen atoms in total. The Morgan fingerprint density at radius 2 is 1.97 bits per heavy atom. The monoisotopic (exact) mass is 392 g/mol. The van der Waals surface area contributed by atoms with Gasteiger partial charge in [-0.05, 0) is 49.2 Å². The van der Waals surface area contributed by atoms with Crippen LogP contribution in [0.5, 0.6) is 11.5 Å². The van der Waals surface area contributed by atoms with Crippen LogP contribution in [0.1, 0.15) is 37.5 Å². The van der Waals surface area contributed by atoms with Crippen molar-refractivity contribution in [2.75, 3.05) is 25.2 Å². The van der Waals surface area contributed by atoms with Gasteiger partial charge in [0.2, 0.25) is 5.91 Å². The highest BCUT2D eigenvalue weighted by atomic mass is 16.5. The van der Waals surface area contributed by atoms with Crippen LogP contribution >= 0.6 is 0 Å². The number of ether oxygens (including phenoxy) is 2. The first-order chi connectivity index (χ1) is 13.8. The van der Waals surface area contributed by atoms with Crippen molar-refractivity contribution >= 4 is 17.7 Å². The molecule has 0 aromatic heterocycles. The van der Waals surface area contributed by atoms with Crippen LogP contribution in [0.15, 0.2) is 42.5 Å². The van der Waals surface area contributed by atoms with Crippen molar-refractivity contribution in [3.8, 4) is 11.5 Å². The fourth-order valence-electron chi connectivity index (χ4n) is 4.57. The van der Waals surface area contributed by atoms with Crippen LogP contribution < -0.4 is 19.7 Å². The number of nitrogens with zero attached hydrogens (tertiary/aromatic N) is 1. The van der Waals surface area contributed by atoms with Gasteiger partial charge in [-0.2, -0.15) is 0 Å². The highest BCUT2D eigenvalue weighted by molar-refractivity contribution is 5.91. The molecule has 1 amide bonds. The molecule has 152 valence electrons. The lowest BCUT2D eigenvalue weighted by molar-refractivity contribution is -0.118. The zero-order chi connectivity index (χ0) is 20.8. The number of anilines is 1. The summed E-state index contributed by atoms with van der Waals surface area (Å²) >= 11 is 0. The van der Waals surface area contributed by atoms with Crippen LogP contribution in [-0.2, 0) is 10.2 Å². The number of nitrogens with one attached hydrogen (secondary N) is 1. The molecule has 0 radical (unpaired) electrons. The summed E-state index contributed by atoms with van der Waals surface area (Å²) in [5.41, 5.74) is 3.70. The summed E-state index contributed by atoms with van der Waals surface area (Å²) < 4.78 is 11.1. The number of hydrogen-bond acceptors (Lipinski definition) is 4. The summed E-state index contributed by atoms with van der Waals surface area (Å²) in [5.74, 6) is 1.46. The minimum absolute atomic E-state index is 0.0400. The molecule has 0 bridgehead atoms. The smallest absolute Gasteiger partial charge is 0.241 e. The SMILES string of the molecule is CCOc1ccc(/C=C/[C@@]23NC(=O)CN2c2ccc(C)cc2C3(C)C)cc1OC. The predicted octanol–water partition coefficient (Wildman–Crippen LogP) is 4.04. The number of aryl methyl sites for hydroxylation is 1. The van der Waals surface area contributed by atoms with E-state index in [1.165, 1.54) is 11.1 Å². The van der Waals surface area contributed by atoms with E-state index >= 15 is 0 Å². The van der Waals surface area contributed by atoms with Crippen LogP contribution in [0.3, 0.4) is 0 Å². The lowest BCUT2D eigenvalue weighted by Crippen LogP contribution is -2.58. The average Bonchev–Trinajstić information content (AvgIpc) is 3.12. The summed E-state index contributed by atoms with van der Waals surface area (Å²) in [4.78, 5) is 14.6. The number of fused-ring (bicyclic) bond motifs is 3. The van der Waals surface area contributed by atoms with Gasteiger partial charge in [-0.3, -0.25) is 4.79 Å². The topological polar surface area (TPSA) is 50.8 Å². The third kappa shape index (κ3) is 2.87. The molecular weight excluding hydrogens is 364 g/mol. The van der Waals surface area contributed by atoms with E-state index in [2.05, 4.69) is 61.3 Å². The highest BCUT2D eigenvalue weighted by Gasteiger charge is 2.59. The van der Waals surface area contributed by atoms with E-state index in [-0.39, 0.29) is 11.3 Å². The zero-order valence-electron chi connectivity index (χ0n) is 17.7. The Morgan fingerprint density at radius 3 is 2.69 bits per heavy atom. The number of benzene rings is 2. The Hall–Kier alpha value is -2.95. The first-order valence-electron chi connectivity index (χ1n) is 10.0. The molecule has 2 aliphatic rings. The van der Waals surface area contributed by atoms with Crippen LogP contribution in [0.2, 0.25) is 0 Å². The van der Waals surface area contributed by atoms with Gasteiger partial charge >= 0.3 is 0 Å². The molecule has 2 aromatic carbocycles. The predicted molar refractivity (Wildman–Crippen MR) is 116 cm³/mol. The number of methoxy groups -OCH3 is 1. The summed E-state index contributed by atoms with van der Waals surface area (Å²) in [6, 6.07) is 12.3. The quantitative estimate of drug-likeness (QED) is 0.834. The molecule has 1 N–H and O–H groups in total. The second kappa shape index (κ2) is 6.83. The van der Waals surface area contributed by atoms with Crippen molar-refractivity contribution in [3.05, 3.63) is 59.2 Å². The molecule has 1 atom stereocenters. The van der Waals surface area contributed by atoms with Crippen molar-refractivity contribution in [3.63, 3.8) is 0 Å². The summed E-state index contributed by atoms with van der Waals surface area (Å²) in [5, 5.41) is 3.26. The van der Waals surface area contributed by atoms with E-state index in [0.717, 1.165) is 17.0 Å². The normalized spacial score (nSPS) is 21.8. The van der Waals surface area contributed by atoms with E-state index in [4.69, 9.17) is 9.47 Å². The first kappa shape index (κ1) is 19.4. The molecule has 2 aliphatic heterocycles. The van der Waals surface area contributed by atoms with Crippen LogP contribution in [-0.4, -0.2) is 31.8 Å². The van der Waals surface area contributed by atoms with E-state index in [1.54, 1.807) is 7.11 Å². The van der Waals surface area contributed by atoms with E-state index in [9.17, 15) is 4.79 Å². The molecule has 4 rings (SSSR count). The van der Waals surface area contributed by atoms with Crippen LogP contribution in [0, 0.1) is 6.92 Å². The van der Waals surface area contributed by atoms with E-state index < -0.39 is 5.66 Å². The minimum atomic E-state index is -0.605. The molecule has 0 spiro atoms. The van der Waals surface area contributed by atoms with Crippen molar-refractivity contribution in [2.45, 2.75) is 38.8 Å². The standard InChI is InChI=1S/C24H28N2O3/c1-6-29-20-10-8-17(14-21(20)28-5)11-12-24-23(3,4)18-13-16(2)7-9-19(18)26(24)15-22(27)25-24/h7-14H,6,15H2,1-5H3,(H,25,27)/b12-11+/t24-/m1/s1. The molecule has 0 saturated carbocycles. The third-order valence-corrected chi connectivity index (χ3v) is 6.13. The van der Waals surface area contributed by atoms with Gasteiger partial charge in [0, 0.05) is 11.1 Å². The minimum Gasteiger partial charge on any atom is -0.493 e. The van der Waals surface area contributed by atoms with Gasteiger partial charge in [0.05, 0.1) is 20.3 Å². The van der Waals surface area contributed by atoms with Gasteiger partial charge in [0.1, 0.15) is 5.66 Å². The second-order valence-corrected chi connectivity index (χ2v) is 8.22. The number of hydrogen-bond donors (Lipinski definition) is 1. The van der Waals surface area contributed by atoms with Crippen molar-refractivity contribution < 1.29 is 14.3 Å². The van der Waals surface area contributed by atoms with E-state index in [0.29, 0.717) is 18.9 Å². The Labute approximate surface area is 172 Å². The Bertz CT molecular complexity index is 996. The largest absolute Gasteiger partial charge is 0.493 e. The van der Waals surface area contributed by atoms with Gasteiger partial charge in [-0.25, -0.2) is 0 Å². The van der Waals surface area contributed by atoms with Gasteiger partial charge in [0.25, 0.3) is 0 Å². The van der Waals surface area contributed by atoms with Gasteiger partial charge in [-0.1, -0.05) is 43.7 Å². The fraction of sp³-hybridized carbons (Fsp3) is 0.375. The number of carbonyl (C=O) groups is 1. The molecule has 5 heteroatoms. The first-order valence-corrected chi connectivity index (χ1v) is 10.0. The maximum absolute atomic E-state index is 12.4. The Kier molecular flexibility index (Phi) is 4.56.